The summed E-state index contributed by atoms with van der Waals surface area (Å²) in [6.45, 7) is -0.443. The summed E-state index contributed by atoms with van der Waals surface area (Å²) in [5.41, 5.74) is 8.17. The zero-order valence-corrected chi connectivity index (χ0v) is 23.3. The third-order valence-electron chi connectivity index (χ3n) is 7.47. The number of para-hydroxylation sites is 1. The zero-order chi connectivity index (χ0) is 28.8. The number of rotatable bonds is 9. The summed E-state index contributed by atoms with van der Waals surface area (Å²) in [5, 5.41) is 12.5. The third-order valence-corrected chi connectivity index (χ3v) is 7.86. The molecule has 1 saturated carbocycles. The van der Waals surface area contributed by atoms with E-state index in [4.69, 9.17) is 10.7 Å². The second kappa shape index (κ2) is 13.1. The lowest BCUT2D eigenvalue weighted by molar-refractivity contribution is -0.143. The molecule has 4 rings (SSSR count). The van der Waals surface area contributed by atoms with Gasteiger partial charge in [-0.05, 0) is 24.8 Å². The molecular weight excluding hydrogens is 530 g/mol. The second-order valence-corrected chi connectivity index (χ2v) is 10.5. The first kappa shape index (κ1) is 29.3. The number of nitrogens with zero attached hydrogens (tertiary/aromatic N) is 3. The molecule has 0 bridgehead atoms. The molecule has 3 atom stereocenters. The number of anilines is 1. The number of amides is 3. The first-order chi connectivity index (χ1) is 19.2. The Bertz CT molecular complexity index is 1280. The Hall–Kier alpha value is -3.70. The molecule has 1 aliphatic carbocycles. The van der Waals surface area contributed by atoms with Gasteiger partial charge in [-0.3, -0.25) is 19.3 Å². The molecule has 4 N–H and O–H groups in total. The van der Waals surface area contributed by atoms with Crippen LogP contribution in [0.4, 0.5) is 5.69 Å². The van der Waals surface area contributed by atoms with Gasteiger partial charge in [0.25, 0.3) is 5.91 Å². The predicted octanol–water partition coefficient (Wildman–Crippen LogP) is 2.06. The largest absolute Gasteiger partial charge is 0.480 e. The molecule has 10 nitrogen and oxygen atoms in total. The maximum absolute atomic E-state index is 14.1. The van der Waals surface area contributed by atoms with Gasteiger partial charge in [-0.15, -0.1) is 0 Å². The van der Waals surface area contributed by atoms with E-state index in [1.165, 1.54) is 16.8 Å². The molecule has 1 fully saturated rings. The van der Waals surface area contributed by atoms with Crippen LogP contribution in [0, 0.1) is 5.92 Å². The number of hydrogen-bond acceptors (Lipinski definition) is 7. The predicted molar refractivity (Wildman–Crippen MR) is 155 cm³/mol. The number of benzene rings is 2. The monoisotopic (exact) mass is 565 g/mol. The van der Waals surface area contributed by atoms with Crippen molar-refractivity contribution in [3.63, 3.8) is 0 Å². The second-order valence-electron chi connectivity index (χ2n) is 10.2. The van der Waals surface area contributed by atoms with Gasteiger partial charge in [0, 0.05) is 23.9 Å². The summed E-state index contributed by atoms with van der Waals surface area (Å²) in [5.74, 6) is -2.94. The number of nitrogens with two attached hydrogens (primary N) is 1. The zero-order valence-electron chi connectivity index (χ0n) is 22.4. The quantitative estimate of drug-likeness (QED) is 0.343. The van der Waals surface area contributed by atoms with Crippen LogP contribution in [-0.2, 0) is 19.2 Å². The first-order valence-corrected chi connectivity index (χ1v) is 14.1. The van der Waals surface area contributed by atoms with Crippen molar-refractivity contribution in [2.75, 3.05) is 24.2 Å². The van der Waals surface area contributed by atoms with E-state index in [9.17, 15) is 24.3 Å². The molecule has 0 spiro atoms. The van der Waals surface area contributed by atoms with Crippen LogP contribution in [0.1, 0.15) is 43.2 Å². The Kier molecular flexibility index (Phi) is 9.59. The van der Waals surface area contributed by atoms with Crippen molar-refractivity contribution in [2.24, 2.45) is 16.6 Å². The van der Waals surface area contributed by atoms with E-state index < -0.39 is 48.5 Å². The van der Waals surface area contributed by atoms with Gasteiger partial charge in [0.2, 0.25) is 18.0 Å². The SMILES string of the molecule is CN(C(=O)C(N)CS)C1N=C(c2ccccc2)c2ccccc2N(CC(=O)NC(C(=O)O)C2CCCCC2)C1=O. The number of hydrogen-bond donors (Lipinski definition) is 4. The number of aliphatic imine (C=N–C) groups is 1. The molecule has 212 valence electrons. The maximum atomic E-state index is 14.1. The Labute approximate surface area is 239 Å². The van der Waals surface area contributed by atoms with Gasteiger partial charge >= 0.3 is 5.97 Å². The molecule has 40 heavy (non-hydrogen) atoms. The van der Waals surface area contributed by atoms with E-state index in [1.54, 1.807) is 24.3 Å². The van der Waals surface area contributed by atoms with E-state index in [0.717, 1.165) is 37.7 Å². The highest BCUT2D eigenvalue weighted by Gasteiger charge is 2.39. The van der Waals surface area contributed by atoms with Crippen LogP contribution >= 0.6 is 12.6 Å². The van der Waals surface area contributed by atoms with Crippen molar-refractivity contribution in [3.05, 3.63) is 65.7 Å². The highest BCUT2D eigenvalue weighted by atomic mass is 32.1. The molecule has 2 aliphatic rings. The molecule has 2 aromatic rings. The van der Waals surface area contributed by atoms with Crippen molar-refractivity contribution in [2.45, 2.75) is 50.4 Å². The van der Waals surface area contributed by atoms with Crippen molar-refractivity contribution >= 4 is 47.7 Å². The Balaban J connectivity index is 1.73. The van der Waals surface area contributed by atoms with Gasteiger partial charge in [-0.1, -0.05) is 67.8 Å². The Morgan fingerprint density at radius 2 is 1.75 bits per heavy atom. The minimum Gasteiger partial charge on any atom is -0.480 e. The molecule has 1 heterocycles. The van der Waals surface area contributed by atoms with Crippen LogP contribution in [0.5, 0.6) is 0 Å². The van der Waals surface area contributed by atoms with E-state index in [0.29, 0.717) is 17.0 Å². The summed E-state index contributed by atoms with van der Waals surface area (Å²) in [7, 11) is 1.44. The highest BCUT2D eigenvalue weighted by molar-refractivity contribution is 7.80. The molecular formula is C29H35N5O5S. The van der Waals surface area contributed by atoms with Crippen molar-refractivity contribution in [3.8, 4) is 0 Å². The van der Waals surface area contributed by atoms with Crippen LogP contribution in [0.15, 0.2) is 59.6 Å². The van der Waals surface area contributed by atoms with Gasteiger partial charge in [-0.25, -0.2) is 9.79 Å². The number of aliphatic carboxylic acids is 1. The van der Waals surface area contributed by atoms with E-state index >= 15 is 0 Å². The number of nitrogens with one attached hydrogen (secondary N) is 1. The van der Waals surface area contributed by atoms with Crippen molar-refractivity contribution in [1.29, 1.82) is 0 Å². The number of carboxylic acid groups (broad SMARTS) is 1. The molecule has 11 heteroatoms. The van der Waals surface area contributed by atoms with E-state index in [-0.39, 0.29) is 11.7 Å². The maximum Gasteiger partial charge on any atom is 0.326 e. The van der Waals surface area contributed by atoms with Gasteiger partial charge in [-0.2, -0.15) is 12.6 Å². The number of thiol groups is 1. The van der Waals surface area contributed by atoms with Crippen molar-refractivity contribution in [1.82, 2.24) is 10.2 Å². The summed E-state index contributed by atoms with van der Waals surface area (Å²) < 4.78 is 0. The smallest absolute Gasteiger partial charge is 0.326 e. The molecule has 3 unspecified atom stereocenters. The number of carbonyl (C=O) groups excluding carboxylic acids is 3. The molecule has 3 amide bonds. The van der Waals surface area contributed by atoms with Gasteiger partial charge in [0.15, 0.2) is 0 Å². The summed E-state index contributed by atoms with van der Waals surface area (Å²) in [4.78, 5) is 59.7. The molecule has 1 aliphatic heterocycles. The lowest BCUT2D eigenvalue weighted by Gasteiger charge is -2.31. The minimum atomic E-state index is -1.32. The number of likely N-dealkylation sites (N-methyl/N-ethyl adjacent to an activating group) is 1. The third kappa shape index (κ3) is 6.37. The summed E-state index contributed by atoms with van der Waals surface area (Å²) in [6, 6.07) is 14.3. The fourth-order valence-corrected chi connectivity index (χ4v) is 5.48. The van der Waals surface area contributed by atoms with Crippen LogP contribution in [-0.4, -0.2) is 77.0 Å². The summed E-state index contributed by atoms with van der Waals surface area (Å²) in [6.07, 6.45) is 3.00. The fourth-order valence-electron chi connectivity index (χ4n) is 5.33. The molecule has 0 aromatic heterocycles. The van der Waals surface area contributed by atoms with Gasteiger partial charge < -0.3 is 21.1 Å². The van der Waals surface area contributed by atoms with Crippen LogP contribution < -0.4 is 16.0 Å². The highest BCUT2D eigenvalue weighted by Crippen LogP contribution is 2.30. The Morgan fingerprint density at radius 1 is 1.10 bits per heavy atom. The average molecular weight is 566 g/mol. The van der Waals surface area contributed by atoms with Crippen LogP contribution in [0.25, 0.3) is 0 Å². The Morgan fingerprint density at radius 3 is 2.40 bits per heavy atom. The van der Waals surface area contributed by atoms with Gasteiger partial charge in [0.05, 0.1) is 17.4 Å². The fraction of sp³-hybridized carbons (Fsp3) is 0.414. The van der Waals surface area contributed by atoms with E-state index in [2.05, 4.69) is 17.9 Å². The topological polar surface area (TPSA) is 145 Å². The average Bonchev–Trinajstić information content (AvgIpc) is 3.10. The normalized spacial score (nSPS) is 19.1. The van der Waals surface area contributed by atoms with E-state index in [1.807, 2.05) is 30.3 Å². The number of carboxylic acids is 1. The lowest BCUT2D eigenvalue weighted by atomic mass is 9.84. The van der Waals surface area contributed by atoms with Gasteiger partial charge in [0.1, 0.15) is 12.6 Å². The minimum absolute atomic E-state index is 0.0728. The lowest BCUT2D eigenvalue weighted by Crippen LogP contribution is -2.55. The summed E-state index contributed by atoms with van der Waals surface area (Å²) >= 11 is 4.12. The number of carbonyl (C=O) groups is 4. The molecule has 0 radical (unpaired) electrons. The molecule has 2 aromatic carbocycles. The van der Waals surface area contributed by atoms with Crippen molar-refractivity contribution < 1.29 is 24.3 Å². The van der Waals surface area contributed by atoms with Crippen LogP contribution in [0.3, 0.4) is 0 Å². The standard InChI is InChI=1S/C29H35N5O5S/c1-33(27(36)21(30)17-40)26-28(37)34(16-23(35)31-25(29(38)39)19-12-6-3-7-13-19)22-15-9-8-14-20(22)24(32-26)18-10-4-2-5-11-18/h2,4-5,8-11,14-15,19,21,25-26,40H,3,6-7,12-13,16-17,30H2,1H3,(H,31,35)(H,38,39). The number of benzodiazepines with no additional fused rings is 1. The number of fused-ring (bicyclic) bond motifs is 1. The first-order valence-electron chi connectivity index (χ1n) is 13.4. The van der Waals surface area contributed by atoms with Crippen LogP contribution in [0.2, 0.25) is 0 Å². The molecule has 0 saturated heterocycles.